The molecule has 6 nitrogen and oxygen atoms in total. The number of alkyl halides is 3. The molecule has 1 amide bonds. The molecule has 0 aliphatic carbocycles. The van der Waals surface area contributed by atoms with Gasteiger partial charge in [-0.2, -0.15) is 18.3 Å². The Morgan fingerprint density at radius 3 is 2.56 bits per heavy atom. The number of ether oxygens (including phenoxy) is 1. The van der Waals surface area contributed by atoms with Crippen LogP contribution in [0.3, 0.4) is 0 Å². The van der Waals surface area contributed by atoms with Gasteiger partial charge in [0.05, 0.1) is 17.6 Å². The molecule has 0 bridgehead atoms. The molecule has 3 heterocycles. The summed E-state index contributed by atoms with van der Waals surface area (Å²) >= 11 is 5.82. The van der Waals surface area contributed by atoms with E-state index in [-0.39, 0.29) is 22.2 Å². The number of anilines is 1. The minimum atomic E-state index is -4.62. The lowest BCUT2D eigenvalue weighted by Gasteiger charge is -2.29. The van der Waals surface area contributed by atoms with E-state index in [1.807, 2.05) is 0 Å². The van der Waals surface area contributed by atoms with Crippen molar-refractivity contribution in [3.8, 4) is 0 Å². The van der Waals surface area contributed by atoms with Crippen LogP contribution in [0.4, 0.5) is 23.7 Å². The van der Waals surface area contributed by atoms with Gasteiger partial charge in [0.2, 0.25) is 0 Å². The Morgan fingerprint density at radius 1 is 1.36 bits per heavy atom. The number of carbonyl (C=O) groups excluding carboxylic acids is 1. The quantitative estimate of drug-likeness (QED) is 0.698. The van der Waals surface area contributed by atoms with Gasteiger partial charge in [-0.05, 0) is 27.7 Å². The minimum Gasteiger partial charge on any atom is -0.443 e. The highest BCUT2D eigenvalue weighted by atomic mass is 35.5. The zero-order valence-electron chi connectivity index (χ0n) is 14.0. The van der Waals surface area contributed by atoms with Crippen LogP contribution in [0.5, 0.6) is 0 Å². The number of aromatic nitrogens is 3. The molecule has 0 fully saturated rings. The highest BCUT2D eigenvalue weighted by Crippen LogP contribution is 2.50. The van der Waals surface area contributed by atoms with Crippen molar-refractivity contribution in [3.63, 3.8) is 0 Å². The van der Waals surface area contributed by atoms with Crippen LogP contribution in [0, 0.1) is 0 Å². The molecule has 1 unspecified atom stereocenters. The Morgan fingerprint density at radius 2 is 2.00 bits per heavy atom. The molecule has 0 N–H and O–H groups in total. The monoisotopic (exact) mass is 376 g/mol. The molecule has 0 saturated carbocycles. The van der Waals surface area contributed by atoms with Gasteiger partial charge in [-0.25, -0.2) is 14.3 Å². The summed E-state index contributed by atoms with van der Waals surface area (Å²) in [6.07, 6.45) is -4.28. The first-order valence-corrected chi connectivity index (χ1v) is 7.83. The molecule has 3 rings (SSSR count). The maximum Gasteiger partial charge on any atom is 0.414 e. The Kier molecular flexibility index (Phi) is 3.72. The summed E-state index contributed by atoms with van der Waals surface area (Å²) < 4.78 is 47.9. The number of fused-ring (bicyclic) bond motifs is 3. The fourth-order valence-electron chi connectivity index (χ4n) is 2.79. The average molecular weight is 377 g/mol. The van der Waals surface area contributed by atoms with Crippen LogP contribution in [-0.4, -0.2) is 39.0 Å². The van der Waals surface area contributed by atoms with E-state index in [0.717, 1.165) is 16.3 Å². The number of hydrogen-bond donors (Lipinski definition) is 0. The molecule has 10 heteroatoms. The molecular formula is C15H16ClF3N4O2. The van der Waals surface area contributed by atoms with Crippen molar-refractivity contribution in [2.45, 2.75) is 44.9 Å². The van der Waals surface area contributed by atoms with Crippen molar-refractivity contribution >= 4 is 29.0 Å². The van der Waals surface area contributed by atoms with Crippen LogP contribution >= 0.6 is 11.6 Å². The summed E-state index contributed by atoms with van der Waals surface area (Å²) in [6.45, 7) is 5.31. The molecule has 0 spiro atoms. The van der Waals surface area contributed by atoms with Crippen molar-refractivity contribution in [2.24, 2.45) is 0 Å². The zero-order chi connectivity index (χ0) is 18.8. The van der Waals surface area contributed by atoms with Gasteiger partial charge in [-0.1, -0.05) is 11.6 Å². The molecule has 2 aromatic rings. The van der Waals surface area contributed by atoms with Crippen LogP contribution in [0.15, 0.2) is 12.3 Å². The van der Waals surface area contributed by atoms with E-state index in [4.69, 9.17) is 16.3 Å². The third-order valence-corrected chi connectivity index (χ3v) is 4.15. The summed E-state index contributed by atoms with van der Waals surface area (Å²) in [5.74, 6) is 0. The van der Waals surface area contributed by atoms with Crippen LogP contribution < -0.4 is 4.90 Å². The van der Waals surface area contributed by atoms with Gasteiger partial charge in [0, 0.05) is 12.6 Å². The van der Waals surface area contributed by atoms with E-state index >= 15 is 0 Å². The molecule has 25 heavy (non-hydrogen) atoms. The fourth-order valence-corrected chi connectivity index (χ4v) is 2.96. The Balaban J connectivity index is 2.21. The SMILES string of the molecule is CC(C)(C)OC(=O)N1CC(C)(C(F)(F)F)c2c1cnc1cc(Cl)nn21. The Bertz CT molecular complexity index is 859. The van der Waals surface area contributed by atoms with Crippen LogP contribution in [0.25, 0.3) is 5.65 Å². The number of hydrogen-bond acceptors (Lipinski definition) is 4. The first-order valence-electron chi connectivity index (χ1n) is 7.45. The van der Waals surface area contributed by atoms with Gasteiger partial charge in [-0.15, -0.1) is 0 Å². The molecule has 0 saturated heterocycles. The van der Waals surface area contributed by atoms with Gasteiger partial charge in [-0.3, -0.25) is 4.90 Å². The summed E-state index contributed by atoms with van der Waals surface area (Å²) in [7, 11) is 0. The van der Waals surface area contributed by atoms with Crippen molar-refractivity contribution in [1.29, 1.82) is 0 Å². The summed E-state index contributed by atoms with van der Waals surface area (Å²) in [5, 5.41) is 3.92. The third-order valence-electron chi connectivity index (χ3n) is 3.96. The van der Waals surface area contributed by atoms with Gasteiger partial charge in [0.25, 0.3) is 0 Å². The van der Waals surface area contributed by atoms with Gasteiger partial charge >= 0.3 is 12.3 Å². The molecular weight excluding hydrogens is 361 g/mol. The lowest BCUT2D eigenvalue weighted by Crippen LogP contribution is -2.46. The molecule has 2 aromatic heterocycles. The molecule has 136 valence electrons. The van der Waals surface area contributed by atoms with E-state index in [1.54, 1.807) is 20.8 Å². The smallest absolute Gasteiger partial charge is 0.414 e. The third kappa shape index (κ3) is 2.80. The minimum absolute atomic E-state index is 0.00124. The van der Waals surface area contributed by atoms with Gasteiger partial charge < -0.3 is 4.74 Å². The van der Waals surface area contributed by atoms with Crippen LogP contribution in [0.1, 0.15) is 33.4 Å². The average Bonchev–Trinajstić information content (AvgIpc) is 2.94. The summed E-state index contributed by atoms with van der Waals surface area (Å²) in [6, 6.07) is 1.36. The number of halogens is 4. The summed E-state index contributed by atoms with van der Waals surface area (Å²) in [5.41, 5.74) is -3.20. The standard InChI is InChI=1S/C15H16ClF3N4O2/c1-13(2,3)25-12(24)22-7-14(4,15(17,18)19)11-8(22)6-20-10-5-9(16)21-23(10)11/h5-6H,7H2,1-4H3. The lowest BCUT2D eigenvalue weighted by molar-refractivity contribution is -0.181. The summed E-state index contributed by atoms with van der Waals surface area (Å²) in [4.78, 5) is 17.4. The van der Waals surface area contributed by atoms with Gasteiger partial charge in [0.1, 0.15) is 11.0 Å². The van der Waals surface area contributed by atoms with Crippen LogP contribution in [-0.2, 0) is 10.2 Å². The van der Waals surface area contributed by atoms with Crippen molar-refractivity contribution in [1.82, 2.24) is 14.6 Å². The zero-order valence-corrected chi connectivity index (χ0v) is 14.7. The first-order chi connectivity index (χ1) is 11.3. The van der Waals surface area contributed by atoms with E-state index in [2.05, 4.69) is 10.1 Å². The van der Waals surface area contributed by atoms with E-state index in [0.29, 0.717) is 0 Å². The second kappa shape index (κ2) is 5.23. The van der Waals surface area contributed by atoms with Gasteiger partial charge in [0.15, 0.2) is 10.8 Å². The van der Waals surface area contributed by atoms with Crippen molar-refractivity contribution in [2.75, 3.05) is 11.4 Å². The largest absolute Gasteiger partial charge is 0.443 e. The maximum atomic E-state index is 13.9. The van der Waals surface area contributed by atoms with E-state index in [9.17, 15) is 18.0 Å². The molecule has 1 aliphatic rings. The highest BCUT2D eigenvalue weighted by molar-refractivity contribution is 6.29. The topological polar surface area (TPSA) is 59.7 Å². The fraction of sp³-hybridized carbons (Fsp3) is 0.533. The van der Waals surface area contributed by atoms with Crippen LogP contribution in [0.2, 0.25) is 5.15 Å². The Labute approximate surface area is 146 Å². The van der Waals surface area contributed by atoms with Crippen molar-refractivity contribution < 1.29 is 22.7 Å². The highest BCUT2D eigenvalue weighted by Gasteiger charge is 2.61. The Hall–Kier alpha value is -2.03. The van der Waals surface area contributed by atoms with Crippen molar-refractivity contribution in [3.05, 3.63) is 23.1 Å². The number of carbonyl (C=O) groups is 1. The second-order valence-corrected chi connectivity index (χ2v) is 7.51. The predicted octanol–water partition coefficient (Wildman–Crippen LogP) is 3.96. The van der Waals surface area contributed by atoms with E-state index in [1.165, 1.54) is 12.3 Å². The predicted molar refractivity (Wildman–Crippen MR) is 85.0 cm³/mol. The lowest BCUT2D eigenvalue weighted by atomic mass is 9.88. The number of amides is 1. The number of nitrogens with zero attached hydrogens (tertiary/aromatic N) is 4. The first kappa shape index (κ1) is 17.8. The maximum absolute atomic E-state index is 13.9. The van der Waals surface area contributed by atoms with E-state index < -0.39 is 29.8 Å². The molecule has 0 radical (unpaired) electrons. The second-order valence-electron chi connectivity index (χ2n) is 7.13. The molecule has 1 atom stereocenters. The normalized spacial score (nSPS) is 20.9. The molecule has 0 aromatic carbocycles. The molecule has 1 aliphatic heterocycles. The number of rotatable bonds is 0.